The fraction of sp³-hybridized carbons (Fsp3) is 0.375. The SMILES string of the molecule is CNCC(C)C(=O)Nc1ccc2ccn(CC(=O)NC)c2c1. The third kappa shape index (κ3) is 3.65. The molecule has 0 saturated carbocycles. The van der Waals surface area contributed by atoms with Crippen LogP contribution in [0.25, 0.3) is 10.9 Å². The van der Waals surface area contributed by atoms with E-state index in [-0.39, 0.29) is 24.3 Å². The van der Waals surface area contributed by atoms with Crippen LogP contribution in [0.1, 0.15) is 6.92 Å². The first-order valence-electron chi connectivity index (χ1n) is 7.30. The fourth-order valence-corrected chi connectivity index (χ4v) is 2.30. The Morgan fingerprint density at radius 2 is 2.00 bits per heavy atom. The highest BCUT2D eigenvalue weighted by Crippen LogP contribution is 2.21. The van der Waals surface area contributed by atoms with Crippen LogP contribution >= 0.6 is 0 Å². The van der Waals surface area contributed by atoms with Gasteiger partial charge in [-0.1, -0.05) is 13.0 Å². The Morgan fingerprint density at radius 3 is 2.68 bits per heavy atom. The predicted molar refractivity (Wildman–Crippen MR) is 87.7 cm³/mol. The molecule has 1 aromatic heterocycles. The molecule has 6 heteroatoms. The molecule has 2 rings (SSSR count). The van der Waals surface area contributed by atoms with E-state index in [4.69, 9.17) is 0 Å². The van der Waals surface area contributed by atoms with Crippen LogP contribution in [-0.4, -0.2) is 37.0 Å². The number of nitrogens with one attached hydrogen (secondary N) is 3. The van der Waals surface area contributed by atoms with Gasteiger partial charge in [0, 0.05) is 31.4 Å². The van der Waals surface area contributed by atoms with E-state index in [0.29, 0.717) is 6.54 Å². The largest absolute Gasteiger partial charge is 0.358 e. The van der Waals surface area contributed by atoms with Crippen molar-refractivity contribution < 1.29 is 9.59 Å². The molecule has 118 valence electrons. The highest BCUT2D eigenvalue weighted by molar-refractivity contribution is 5.95. The van der Waals surface area contributed by atoms with Gasteiger partial charge in [-0.05, 0) is 30.6 Å². The van der Waals surface area contributed by atoms with Gasteiger partial charge in [0.1, 0.15) is 6.54 Å². The lowest BCUT2D eigenvalue weighted by Crippen LogP contribution is -2.28. The van der Waals surface area contributed by atoms with Crippen molar-refractivity contribution in [2.45, 2.75) is 13.5 Å². The van der Waals surface area contributed by atoms with E-state index in [9.17, 15) is 9.59 Å². The number of rotatable bonds is 6. The van der Waals surface area contributed by atoms with Crippen LogP contribution in [0.5, 0.6) is 0 Å². The quantitative estimate of drug-likeness (QED) is 0.750. The minimum absolute atomic E-state index is 0.0295. The van der Waals surface area contributed by atoms with Crippen molar-refractivity contribution >= 4 is 28.4 Å². The maximum Gasteiger partial charge on any atom is 0.239 e. The molecule has 2 aromatic rings. The second kappa shape index (κ2) is 7.09. The summed E-state index contributed by atoms with van der Waals surface area (Å²) in [6.07, 6.45) is 1.87. The normalized spacial score (nSPS) is 12.1. The molecule has 0 saturated heterocycles. The summed E-state index contributed by atoms with van der Waals surface area (Å²) in [5.74, 6) is -0.203. The summed E-state index contributed by atoms with van der Waals surface area (Å²) in [5, 5.41) is 9.54. The summed E-state index contributed by atoms with van der Waals surface area (Å²) in [4.78, 5) is 23.6. The fourth-order valence-electron chi connectivity index (χ4n) is 2.30. The molecule has 22 heavy (non-hydrogen) atoms. The lowest BCUT2D eigenvalue weighted by molar-refractivity contribution is -0.121. The van der Waals surface area contributed by atoms with Crippen molar-refractivity contribution in [3.8, 4) is 0 Å². The standard InChI is InChI=1S/C16H22N4O2/c1-11(9-17-2)16(22)19-13-5-4-12-6-7-20(14(12)8-13)10-15(21)18-3/h4-8,11,17H,9-10H2,1-3H3,(H,18,21)(H,19,22). The van der Waals surface area contributed by atoms with E-state index < -0.39 is 0 Å². The minimum Gasteiger partial charge on any atom is -0.358 e. The van der Waals surface area contributed by atoms with E-state index in [1.165, 1.54) is 0 Å². The number of aromatic nitrogens is 1. The number of nitrogens with zero attached hydrogens (tertiary/aromatic N) is 1. The van der Waals surface area contributed by atoms with Crippen LogP contribution in [0.3, 0.4) is 0 Å². The topological polar surface area (TPSA) is 75.2 Å². The van der Waals surface area contributed by atoms with E-state index in [1.807, 2.05) is 49.0 Å². The first-order valence-corrected chi connectivity index (χ1v) is 7.30. The van der Waals surface area contributed by atoms with Gasteiger partial charge in [-0.3, -0.25) is 9.59 Å². The number of amides is 2. The summed E-state index contributed by atoms with van der Waals surface area (Å²) in [6, 6.07) is 7.65. The minimum atomic E-state index is -0.113. The Bertz CT molecular complexity index is 678. The Hall–Kier alpha value is -2.34. The smallest absolute Gasteiger partial charge is 0.239 e. The second-order valence-corrected chi connectivity index (χ2v) is 5.34. The molecule has 0 spiro atoms. The summed E-state index contributed by atoms with van der Waals surface area (Å²) < 4.78 is 1.86. The molecule has 0 fully saturated rings. The molecule has 0 bridgehead atoms. The van der Waals surface area contributed by atoms with Gasteiger partial charge >= 0.3 is 0 Å². The van der Waals surface area contributed by atoms with Gasteiger partial charge in [0.2, 0.25) is 11.8 Å². The third-order valence-electron chi connectivity index (χ3n) is 3.59. The number of hydrogen-bond donors (Lipinski definition) is 3. The van der Waals surface area contributed by atoms with Crippen molar-refractivity contribution in [2.24, 2.45) is 5.92 Å². The van der Waals surface area contributed by atoms with Crippen LogP contribution in [0, 0.1) is 5.92 Å². The van der Waals surface area contributed by atoms with Gasteiger partial charge in [-0.2, -0.15) is 0 Å². The predicted octanol–water partition coefficient (Wildman–Crippen LogP) is 1.18. The van der Waals surface area contributed by atoms with Crippen LogP contribution in [0.2, 0.25) is 0 Å². The van der Waals surface area contributed by atoms with Crippen molar-refractivity contribution in [1.29, 1.82) is 0 Å². The van der Waals surface area contributed by atoms with Gasteiger partial charge in [0.05, 0.1) is 5.52 Å². The molecule has 2 amide bonds. The molecule has 0 aliphatic carbocycles. The van der Waals surface area contributed by atoms with Gasteiger partial charge in [0.15, 0.2) is 0 Å². The Balaban J connectivity index is 2.20. The lowest BCUT2D eigenvalue weighted by Gasteiger charge is -2.12. The molecule has 6 nitrogen and oxygen atoms in total. The number of carbonyl (C=O) groups is 2. The number of hydrogen-bond acceptors (Lipinski definition) is 3. The molecular formula is C16H22N4O2. The van der Waals surface area contributed by atoms with Crippen molar-refractivity contribution in [3.63, 3.8) is 0 Å². The Morgan fingerprint density at radius 1 is 1.23 bits per heavy atom. The molecule has 3 N–H and O–H groups in total. The summed E-state index contributed by atoms with van der Waals surface area (Å²) in [7, 11) is 3.43. The average Bonchev–Trinajstić information content (AvgIpc) is 2.89. The maximum absolute atomic E-state index is 12.1. The van der Waals surface area contributed by atoms with E-state index in [0.717, 1.165) is 16.6 Å². The van der Waals surface area contributed by atoms with Crippen LogP contribution in [-0.2, 0) is 16.1 Å². The average molecular weight is 302 g/mol. The Labute approximate surface area is 129 Å². The first kappa shape index (κ1) is 16.0. The molecule has 0 radical (unpaired) electrons. The van der Waals surface area contributed by atoms with Crippen molar-refractivity contribution in [3.05, 3.63) is 30.5 Å². The van der Waals surface area contributed by atoms with Crippen LogP contribution in [0.15, 0.2) is 30.5 Å². The van der Waals surface area contributed by atoms with Crippen LogP contribution < -0.4 is 16.0 Å². The van der Waals surface area contributed by atoms with Gasteiger partial charge < -0.3 is 20.5 Å². The molecule has 1 heterocycles. The molecule has 0 aliphatic heterocycles. The molecular weight excluding hydrogens is 280 g/mol. The summed E-state index contributed by atoms with van der Waals surface area (Å²) >= 11 is 0. The van der Waals surface area contributed by atoms with E-state index in [1.54, 1.807) is 7.05 Å². The molecule has 0 aliphatic rings. The van der Waals surface area contributed by atoms with Crippen molar-refractivity contribution in [2.75, 3.05) is 26.0 Å². The highest BCUT2D eigenvalue weighted by atomic mass is 16.2. The monoisotopic (exact) mass is 302 g/mol. The number of fused-ring (bicyclic) bond motifs is 1. The number of anilines is 1. The summed E-state index contributed by atoms with van der Waals surface area (Å²) in [6.45, 7) is 2.76. The van der Waals surface area contributed by atoms with Crippen LogP contribution in [0.4, 0.5) is 5.69 Å². The first-order chi connectivity index (χ1) is 10.5. The zero-order valence-electron chi connectivity index (χ0n) is 13.1. The van der Waals surface area contributed by atoms with Gasteiger partial charge in [-0.15, -0.1) is 0 Å². The van der Waals surface area contributed by atoms with E-state index in [2.05, 4.69) is 16.0 Å². The van der Waals surface area contributed by atoms with E-state index >= 15 is 0 Å². The summed E-state index contributed by atoms with van der Waals surface area (Å²) in [5.41, 5.74) is 1.65. The zero-order valence-corrected chi connectivity index (χ0v) is 13.1. The number of benzene rings is 1. The Kier molecular flexibility index (Phi) is 5.16. The highest BCUT2D eigenvalue weighted by Gasteiger charge is 2.13. The number of carbonyl (C=O) groups excluding carboxylic acids is 2. The maximum atomic E-state index is 12.1. The zero-order chi connectivity index (χ0) is 16.1. The second-order valence-electron chi connectivity index (χ2n) is 5.34. The van der Waals surface area contributed by atoms with Gasteiger partial charge in [0.25, 0.3) is 0 Å². The van der Waals surface area contributed by atoms with Crippen molar-refractivity contribution in [1.82, 2.24) is 15.2 Å². The molecule has 1 unspecified atom stereocenters. The molecule has 1 aromatic carbocycles. The molecule has 1 atom stereocenters. The number of likely N-dealkylation sites (N-methyl/N-ethyl adjacent to an activating group) is 1. The lowest BCUT2D eigenvalue weighted by atomic mass is 10.1. The third-order valence-corrected chi connectivity index (χ3v) is 3.59. The van der Waals surface area contributed by atoms with Gasteiger partial charge in [-0.25, -0.2) is 0 Å².